The van der Waals surface area contributed by atoms with Gasteiger partial charge >= 0.3 is 0 Å². The Bertz CT molecular complexity index is 1110. The lowest BCUT2D eigenvalue weighted by atomic mass is 10.1. The van der Waals surface area contributed by atoms with Gasteiger partial charge in [-0.1, -0.05) is 23.0 Å². The molecule has 0 radical (unpaired) electrons. The molecule has 0 aliphatic heterocycles. The molecule has 0 atom stereocenters. The molecule has 132 valence electrons. The Morgan fingerprint density at radius 1 is 1.27 bits per heavy atom. The van der Waals surface area contributed by atoms with Crippen molar-refractivity contribution in [2.24, 2.45) is 0 Å². The first-order chi connectivity index (χ1) is 12.3. The number of hydrogen-bond donors (Lipinski definition) is 1. The molecule has 2 aromatic heterocycles. The van der Waals surface area contributed by atoms with E-state index >= 15 is 0 Å². The third kappa shape index (κ3) is 3.62. The van der Waals surface area contributed by atoms with Crippen LogP contribution in [0.2, 0.25) is 0 Å². The quantitative estimate of drug-likeness (QED) is 0.560. The molecule has 26 heavy (non-hydrogen) atoms. The minimum atomic E-state index is -0.447. The number of benzene rings is 1. The van der Waals surface area contributed by atoms with Crippen molar-refractivity contribution in [2.75, 3.05) is 5.32 Å². The molecule has 0 saturated carbocycles. The van der Waals surface area contributed by atoms with Crippen LogP contribution in [0.4, 0.5) is 5.13 Å². The van der Waals surface area contributed by atoms with Crippen LogP contribution in [0.15, 0.2) is 39.7 Å². The molecule has 0 spiro atoms. The zero-order valence-electron chi connectivity index (χ0n) is 14.5. The third-order valence-corrected chi connectivity index (χ3v) is 4.89. The molecule has 6 nitrogen and oxygen atoms in total. The van der Waals surface area contributed by atoms with E-state index in [0.717, 1.165) is 16.9 Å². The van der Waals surface area contributed by atoms with Crippen molar-refractivity contribution in [3.63, 3.8) is 0 Å². The molecule has 0 unspecified atom stereocenters. The van der Waals surface area contributed by atoms with Crippen LogP contribution >= 0.6 is 11.3 Å². The van der Waals surface area contributed by atoms with Gasteiger partial charge in [0.25, 0.3) is 0 Å². The summed E-state index contributed by atoms with van der Waals surface area (Å²) in [5, 5.41) is 3.39. The highest BCUT2D eigenvalue weighted by Gasteiger charge is 2.12. The standard InChI is InChI=1S/C19H16N2O4S/c1-10-4-6-15-14(8-10)17(24)13(9-25-15)5-7-16(23)21-19-20-11(2)18(26-19)12(3)22/h4-9H,1-3H3,(H,20,21,23)/b7-5+. The number of ketones is 1. The average Bonchev–Trinajstić information content (AvgIpc) is 2.95. The Morgan fingerprint density at radius 2 is 2.04 bits per heavy atom. The maximum atomic E-state index is 12.5. The highest BCUT2D eigenvalue weighted by molar-refractivity contribution is 7.17. The highest BCUT2D eigenvalue weighted by Crippen LogP contribution is 2.23. The molecule has 7 heteroatoms. The first kappa shape index (κ1) is 17.8. The van der Waals surface area contributed by atoms with E-state index in [0.29, 0.717) is 26.7 Å². The number of anilines is 1. The van der Waals surface area contributed by atoms with Crippen LogP contribution in [0.1, 0.15) is 33.4 Å². The topological polar surface area (TPSA) is 89.3 Å². The van der Waals surface area contributed by atoms with Gasteiger partial charge in [0.2, 0.25) is 5.91 Å². The number of nitrogens with zero attached hydrogens (tertiary/aromatic N) is 1. The monoisotopic (exact) mass is 368 g/mol. The van der Waals surface area contributed by atoms with E-state index in [1.165, 1.54) is 25.3 Å². The second-order valence-electron chi connectivity index (χ2n) is 5.83. The zero-order chi connectivity index (χ0) is 18.8. The lowest BCUT2D eigenvalue weighted by Crippen LogP contribution is -2.09. The van der Waals surface area contributed by atoms with Crippen molar-refractivity contribution in [1.29, 1.82) is 0 Å². The summed E-state index contributed by atoms with van der Waals surface area (Å²) in [6.07, 6.45) is 3.96. The van der Waals surface area contributed by atoms with Crippen LogP contribution in [0.5, 0.6) is 0 Å². The summed E-state index contributed by atoms with van der Waals surface area (Å²) in [5.74, 6) is -0.544. The first-order valence-corrected chi connectivity index (χ1v) is 8.66. The lowest BCUT2D eigenvalue weighted by molar-refractivity contribution is -0.111. The molecule has 2 heterocycles. The average molecular weight is 368 g/mol. The largest absolute Gasteiger partial charge is 0.463 e. The van der Waals surface area contributed by atoms with Gasteiger partial charge in [-0.25, -0.2) is 4.98 Å². The van der Waals surface area contributed by atoms with Crippen LogP contribution in [-0.4, -0.2) is 16.7 Å². The number of aryl methyl sites for hydroxylation is 2. The van der Waals surface area contributed by atoms with Crippen molar-refractivity contribution in [2.45, 2.75) is 20.8 Å². The van der Waals surface area contributed by atoms with Gasteiger partial charge in [0.05, 0.1) is 21.5 Å². The summed E-state index contributed by atoms with van der Waals surface area (Å²) < 4.78 is 5.44. The molecule has 0 bridgehead atoms. The van der Waals surface area contributed by atoms with Gasteiger partial charge in [-0.3, -0.25) is 19.7 Å². The Hall–Kier alpha value is -3.06. The van der Waals surface area contributed by atoms with E-state index in [4.69, 9.17) is 4.42 Å². The number of fused-ring (bicyclic) bond motifs is 1. The molecule has 0 saturated heterocycles. The third-order valence-electron chi connectivity index (χ3n) is 3.72. The van der Waals surface area contributed by atoms with Crippen LogP contribution in [0, 0.1) is 13.8 Å². The molecule has 0 fully saturated rings. The normalized spacial score (nSPS) is 11.2. The second-order valence-corrected chi connectivity index (χ2v) is 6.83. The van der Waals surface area contributed by atoms with Crippen molar-refractivity contribution < 1.29 is 14.0 Å². The lowest BCUT2D eigenvalue weighted by Gasteiger charge is -2.00. The fourth-order valence-electron chi connectivity index (χ4n) is 2.46. The van der Waals surface area contributed by atoms with Crippen molar-refractivity contribution in [3.05, 3.63) is 62.5 Å². The number of carbonyl (C=O) groups excluding carboxylic acids is 2. The minimum absolute atomic E-state index is 0.0971. The highest BCUT2D eigenvalue weighted by atomic mass is 32.1. The number of amides is 1. The molecule has 1 amide bonds. The van der Waals surface area contributed by atoms with Crippen molar-refractivity contribution >= 4 is 45.2 Å². The number of Topliss-reactive ketones (excluding diaryl/α,β-unsaturated/α-hetero) is 1. The smallest absolute Gasteiger partial charge is 0.250 e. The van der Waals surface area contributed by atoms with Gasteiger partial charge < -0.3 is 4.42 Å². The molecule has 1 aromatic carbocycles. The summed E-state index contributed by atoms with van der Waals surface area (Å²) in [4.78, 5) is 40.6. The van der Waals surface area contributed by atoms with Gasteiger partial charge in [-0.15, -0.1) is 0 Å². The number of nitrogens with one attached hydrogen (secondary N) is 1. The van der Waals surface area contributed by atoms with E-state index in [9.17, 15) is 14.4 Å². The number of thiazole rings is 1. The van der Waals surface area contributed by atoms with Gasteiger partial charge in [0.15, 0.2) is 16.3 Å². The summed E-state index contributed by atoms with van der Waals surface area (Å²) >= 11 is 1.12. The molecule has 0 aliphatic carbocycles. The van der Waals surface area contributed by atoms with E-state index in [1.54, 1.807) is 19.1 Å². The van der Waals surface area contributed by atoms with Crippen molar-refractivity contribution in [3.8, 4) is 0 Å². The Labute approximate surface area is 153 Å². The van der Waals surface area contributed by atoms with E-state index in [2.05, 4.69) is 10.3 Å². The van der Waals surface area contributed by atoms with E-state index in [-0.39, 0.29) is 16.8 Å². The summed E-state index contributed by atoms with van der Waals surface area (Å²) in [6.45, 7) is 5.05. The fourth-order valence-corrected chi connectivity index (χ4v) is 3.33. The van der Waals surface area contributed by atoms with Gasteiger partial charge in [-0.2, -0.15) is 0 Å². The fraction of sp³-hybridized carbons (Fsp3) is 0.158. The van der Waals surface area contributed by atoms with Crippen LogP contribution in [-0.2, 0) is 4.79 Å². The number of carbonyl (C=O) groups is 2. The van der Waals surface area contributed by atoms with E-state index in [1.807, 2.05) is 13.0 Å². The maximum absolute atomic E-state index is 12.5. The van der Waals surface area contributed by atoms with Gasteiger partial charge in [0.1, 0.15) is 11.8 Å². The SMILES string of the molecule is CC(=O)c1sc(NC(=O)/C=C/c2coc3ccc(C)cc3c2=O)nc1C. The molecule has 0 aliphatic rings. The maximum Gasteiger partial charge on any atom is 0.250 e. The first-order valence-electron chi connectivity index (χ1n) is 7.85. The Morgan fingerprint density at radius 3 is 2.73 bits per heavy atom. The Balaban J connectivity index is 1.81. The molecule has 3 rings (SSSR count). The zero-order valence-corrected chi connectivity index (χ0v) is 15.3. The van der Waals surface area contributed by atoms with Crippen LogP contribution < -0.4 is 10.7 Å². The van der Waals surface area contributed by atoms with Crippen LogP contribution in [0.25, 0.3) is 17.0 Å². The minimum Gasteiger partial charge on any atom is -0.463 e. The van der Waals surface area contributed by atoms with Crippen LogP contribution in [0.3, 0.4) is 0 Å². The molecule has 3 aromatic rings. The second kappa shape index (κ2) is 7.05. The summed E-state index contributed by atoms with van der Waals surface area (Å²) in [5.41, 5.74) is 2.09. The molecular weight excluding hydrogens is 352 g/mol. The summed E-state index contributed by atoms with van der Waals surface area (Å²) in [7, 11) is 0. The number of hydrogen-bond acceptors (Lipinski definition) is 6. The van der Waals surface area contributed by atoms with E-state index < -0.39 is 5.91 Å². The van der Waals surface area contributed by atoms with Gasteiger partial charge in [0, 0.05) is 13.0 Å². The summed E-state index contributed by atoms with van der Waals surface area (Å²) in [6, 6.07) is 5.35. The molecular formula is C19H16N2O4S. The number of aromatic nitrogens is 1. The van der Waals surface area contributed by atoms with Crippen molar-refractivity contribution in [1.82, 2.24) is 4.98 Å². The Kier molecular flexibility index (Phi) is 4.81. The molecule has 1 N–H and O–H groups in total. The van der Waals surface area contributed by atoms with Gasteiger partial charge in [-0.05, 0) is 32.1 Å². The number of rotatable bonds is 4. The predicted molar refractivity (Wildman–Crippen MR) is 102 cm³/mol. The predicted octanol–water partition coefficient (Wildman–Crippen LogP) is 3.72.